The minimum Gasteiger partial charge on any atom is -0.351 e. The number of nitrogens with zero attached hydrogens (tertiary/aromatic N) is 3. The van der Waals surface area contributed by atoms with Crippen LogP contribution in [0.15, 0.2) is 18.2 Å². The zero-order chi connectivity index (χ0) is 13.7. The number of hydrogen-bond donors (Lipinski definition) is 2. The first kappa shape index (κ1) is 13.5. The fourth-order valence-electron chi connectivity index (χ4n) is 1.85. The van der Waals surface area contributed by atoms with Crippen molar-refractivity contribution in [2.45, 2.75) is 13.3 Å². The molecule has 0 aliphatic carbocycles. The molecule has 6 heteroatoms. The van der Waals surface area contributed by atoms with Crippen LogP contribution in [-0.2, 0) is 7.05 Å². The molecule has 1 aromatic carbocycles. The molecule has 0 saturated heterocycles. The summed E-state index contributed by atoms with van der Waals surface area (Å²) in [5, 5.41) is 14.0. The van der Waals surface area contributed by atoms with Crippen LogP contribution >= 0.6 is 0 Å². The van der Waals surface area contributed by atoms with E-state index in [1.54, 1.807) is 16.8 Å². The molecule has 0 aliphatic heterocycles. The summed E-state index contributed by atoms with van der Waals surface area (Å²) in [4.78, 5) is 11.9. The van der Waals surface area contributed by atoms with Gasteiger partial charge in [-0.1, -0.05) is 12.1 Å². The first-order chi connectivity index (χ1) is 9.22. The maximum atomic E-state index is 11.9. The van der Waals surface area contributed by atoms with Crippen molar-refractivity contribution in [2.75, 3.05) is 19.6 Å². The van der Waals surface area contributed by atoms with E-state index in [4.69, 9.17) is 0 Å². The zero-order valence-corrected chi connectivity index (χ0v) is 11.3. The highest BCUT2D eigenvalue weighted by atomic mass is 16.1. The quantitative estimate of drug-likeness (QED) is 0.751. The van der Waals surface area contributed by atoms with E-state index in [0.717, 1.165) is 30.5 Å². The molecule has 1 heterocycles. The van der Waals surface area contributed by atoms with E-state index >= 15 is 0 Å². The number of nitrogens with one attached hydrogen (secondary N) is 2. The van der Waals surface area contributed by atoms with Crippen LogP contribution < -0.4 is 10.6 Å². The lowest BCUT2D eigenvalue weighted by atomic mass is 10.2. The Labute approximate surface area is 112 Å². The molecular weight excluding hydrogens is 242 g/mol. The van der Waals surface area contributed by atoms with Gasteiger partial charge in [0.1, 0.15) is 5.52 Å². The Kier molecular flexibility index (Phi) is 4.46. The van der Waals surface area contributed by atoms with E-state index in [-0.39, 0.29) is 5.91 Å². The molecule has 0 bridgehead atoms. The summed E-state index contributed by atoms with van der Waals surface area (Å²) in [7, 11) is 1.83. The number of aryl methyl sites for hydroxylation is 1. The summed E-state index contributed by atoms with van der Waals surface area (Å²) in [5.74, 6) is -0.0779. The van der Waals surface area contributed by atoms with Crippen LogP contribution in [0.25, 0.3) is 11.0 Å². The van der Waals surface area contributed by atoms with Crippen LogP contribution in [0, 0.1) is 0 Å². The third-order valence-electron chi connectivity index (χ3n) is 2.89. The standard InChI is InChI=1S/C13H19N5O/c1-3-6-14-7-8-15-13(19)10-4-5-12-11(9-10)16-17-18(12)2/h4-5,9,14H,3,6-8H2,1-2H3,(H,15,19). The van der Waals surface area contributed by atoms with Crippen molar-refractivity contribution >= 4 is 16.9 Å². The Morgan fingerprint density at radius 1 is 1.32 bits per heavy atom. The third kappa shape index (κ3) is 3.29. The van der Waals surface area contributed by atoms with Gasteiger partial charge in [0, 0.05) is 25.7 Å². The first-order valence-electron chi connectivity index (χ1n) is 6.50. The molecule has 0 fully saturated rings. The molecule has 6 nitrogen and oxygen atoms in total. The van der Waals surface area contributed by atoms with E-state index in [1.807, 2.05) is 13.1 Å². The summed E-state index contributed by atoms with van der Waals surface area (Å²) < 4.78 is 1.69. The number of carbonyl (C=O) groups excluding carboxylic acids is 1. The normalized spacial score (nSPS) is 10.8. The van der Waals surface area contributed by atoms with Crippen LogP contribution in [0.4, 0.5) is 0 Å². The first-order valence-corrected chi connectivity index (χ1v) is 6.50. The molecule has 2 rings (SSSR count). The fraction of sp³-hybridized carbons (Fsp3) is 0.462. The summed E-state index contributed by atoms with van der Waals surface area (Å²) in [6.07, 6.45) is 1.09. The molecule has 1 amide bonds. The number of benzene rings is 1. The minimum atomic E-state index is -0.0779. The average molecular weight is 261 g/mol. The topological polar surface area (TPSA) is 71.8 Å². The van der Waals surface area contributed by atoms with E-state index in [0.29, 0.717) is 12.1 Å². The van der Waals surface area contributed by atoms with Crippen molar-refractivity contribution in [1.29, 1.82) is 0 Å². The maximum absolute atomic E-state index is 11.9. The van der Waals surface area contributed by atoms with Crippen LogP contribution in [0.2, 0.25) is 0 Å². The molecule has 0 aliphatic rings. The van der Waals surface area contributed by atoms with Gasteiger partial charge in [-0.25, -0.2) is 4.68 Å². The van der Waals surface area contributed by atoms with Gasteiger partial charge in [0.2, 0.25) is 0 Å². The molecular formula is C13H19N5O. The van der Waals surface area contributed by atoms with Gasteiger partial charge < -0.3 is 10.6 Å². The number of hydrogen-bond acceptors (Lipinski definition) is 4. The molecule has 102 valence electrons. The Morgan fingerprint density at radius 2 is 2.16 bits per heavy atom. The van der Waals surface area contributed by atoms with Gasteiger partial charge in [-0.05, 0) is 31.2 Å². The molecule has 2 aromatic rings. The lowest BCUT2D eigenvalue weighted by molar-refractivity contribution is 0.0954. The third-order valence-corrected chi connectivity index (χ3v) is 2.89. The highest BCUT2D eigenvalue weighted by molar-refractivity contribution is 5.97. The predicted molar refractivity (Wildman–Crippen MR) is 74.0 cm³/mol. The van der Waals surface area contributed by atoms with Crippen molar-refractivity contribution in [3.63, 3.8) is 0 Å². The van der Waals surface area contributed by atoms with Crippen molar-refractivity contribution in [3.8, 4) is 0 Å². The van der Waals surface area contributed by atoms with E-state index in [9.17, 15) is 4.79 Å². The molecule has 2 N–H and O–H groups in total. The molecule has 0 atom stereocenters. The Hall–Kier alpha value is -1.95. The Balaban J connectivity index is 1.93. The van der Waals surface area contributed by atoms with E-state index in [1.165, 1.54) is 0 Å². The molecule has 0 spiro atoms. The maximum Gasteiger partial charge on any atom is 0.251 e. The van der Waals surface area contributed by atoms with Gasteiger partial charge in [-0.2, -0.15) is 0 Å². The summed E-state index contributed by atoms with van der Waals surface area (Å²) >= 11 is 0. The summed E-state index contributed by atoms with van der Waals surface area (Å²) in [5.41, 5.74) is 2.27. The van der Waals surface area contributed by atoms with Crippen molar-refractivity contribution < 1.29 is 4.79 Å². The second-order valence-corrected chi connectivity index (χ2v) is 4.42. The largest absolute Gasteiger partial charge is 0.351 e. The second kappa shape index (κ2) is 6.29. The monoisotopic (exact) mass is 261 g/mol. The van der Waals surface area contributed by atoms with Crippen molar-refractivity contribution in [1.82, 2.24) is 25.6 Å². The van der Waals surface area contributed by atoms with Crippen molar-refractivity contribution in [3.05, 3.63) is 23.8 Å². The molecule has 1 aromatic heterocycles. The molecule has 0 radical (unpaired) electrons. The fourth-order valence-corrected chi connectivity index (χ4v) is 1.85. The van der Waals surface area contributed by atoms with Gasteiger partial charge in [0.25, 0.3) is 5.91 Å². The smallest absolute Gasteiger partial charge is 0.251 e. The number of fused-ring (bicyclic) bond motifs is 1. The highest BCUT2D eigenvalue weighted by Crippen LogP contribution is 2.12. The minimum absolute atomic E-state index is 0.0779. The lowest BCUT2D eigenvalue weighted by Crippen LogP contribution is -2.32. The summed E-state index contributed by atoms with van der Waals surface area (Å²) in [6.45, 7) is 4.49. The molecule has 0 unspecified atom stereocenters. The highest BCUT2D eigenvalue weighted by Gasteiger charge is 2.08. The molecule has 19 heavy (non-hydrogen) atoms. The lowest BCUT2D eigenvalue weighted by Gasteiger charge is -2.06. The van der Waals surface area contributed by atoms with E-state index < -0.39 is 0 Å². The van der Waals surface area contributed by atoms with Gasteiger partial charge in [-0.3, -0.25) is 4.79 Å². The van der Waals surface area contributed by atoms with Crippen LogP contribution in [0.3, 0.4) is 0 Å². The SMILES string of the molecule is CCCNCCNC(=O)c1ccc2c(c1)nnn2C. The Bertz CT molecular complexity index is 563. The van der Waals surface area contributed by atoms with Gasteiger partial charge in [0.05, 0.1) is 5.52 Å². The zero-order valence-electron chi connectivity index (χ0n) is 11.3. The Morgan fingerprint density at radius 3 is 2.95 bits per heavy atom. The number of amides is 1. The van der Waals surface area contributed by atoms with Gasteiger partial charge in [-0.15, -0.1) is 5.10 Å². The van der Waals surface area contributed by atoms with Crippen molar-refractivity contribution in [2.24, 2.45) is 7.05 Å². The number of rotatable bonds is 6. The van der Waals surface area contributed by atoms with E-state index in [2.05, 4.69) is 27.9 Å². The van der Waals surface area contributed by atoms with Crippen LogP contribution in [-0.4, -0.2) is 40.5 Å². The number of aromatic nitrogens is 3. The number of carbonyl (C=O) groups is 1. The molecule has 0 saturated carbocycles. The predicted octanol–water partition coefficient (Wildman–Crippen LogP) is 0.698. The van der Waals surface area contributed by atoms with Gasteiger partial charge >= 0.3 is 0 Å². The second-order valence-electron chi connectivity index (χ2n) is 4.42. The van der Waals surface area contributed by atoms with Gasteiger partial charge in [0.15, 0.2) is 0 Å². The summed E-state index contributed by atoms with van der Waals surface area (Å²) in [6, 6.07) is 5.41. The van der Waals surface area contributed by atoms with Crippen LogP contribution in [0.5, 0.6) is 0 Å². The van der Waals surface area contributed by atoms with Crippen LogP contribution in [0.1, 0.15) is 23.7 Å². The average Bonchev–Trinajstić information content (AvgIpc) is 2.79.